The number of carboxylic acid groups (broad SMARTS) is 1. The van der Waals surface area contributed by atoms with Crippen molar-refractivity contribution in [2.75, 3.05) is 13.1 Å². The Morgan fingerprint density at radius 1 is 1.15 bits per heavy atom. The number of amides is 2. The molecule has 1 heterocycles. The molecule has 6 nitrogen and oxygen atoms in total. The molecule has 1 saturated carbocycles. The monoisotopic (exact) mass is 372 g/mol. The smallest absolute Gasteiger partial charge is 0.326 e. The van der Waals surface area contributed by atoms with Crippen molar-refractivity contribution in [3.63, 3.8) is 0 Å². The fourth-order valence-electron chi connectivity index (χ4n) is 4.54. The average Bonchev–Trinajstić information content (AvgIpc) is 3.05. The van der Waals surface area contributed by atoms with E-state index in [-0.39, 0.29) is 30.3 Å². The molecule has 3 atom stereocenters. The number of likely N-dealkylation sites (tertiary alicyclic amines) is 1. The summed E-state index contributed by atoms with van der Waals surface area (Å²) >= 11 is 0. The standard InChI is InChI=1S/C21H28N2O4/c1-15(24)22(12-11-16-7-3-2-4-8-16)14-20(25)23-18-10-6-5-9-17(18)13-19(23)21(26)27/h2-4,7-8,17-19H,5-6,9-14H2,1H3,(H,26,27). The van der Waals surface area contributed by atoms with Crippen LogP contribution in [0.2, 0.25) is 0 Å². The Labute approximate surface area is 160 Å². The quantitative estimate of drug-likeness (QED) is 0.831. The summed E-state index contributed by atoms with van der Waals surface area (Å²) in [4.78, 5) is 39.9. The molecule has 0 aromatic heterocycles. The van der Waals surface area contributed by atoms with E-state index >= 15 is 0 Å². The molecule has 2 fully saturated rings. The molecule has 1 aromatic rings. The van der Waals surface area contributed by atoms with Gasteiger partial charge in [0, 0.05) is 19.5 Å². The van der Waals surface area contributed by atoms with Crippen molar-refractivity contribution >= 4 is 17.8 Å². The summed E-state index contributed by atoms with van der Waals surface area (Å²) in [5.74, 6) is -1.05. The highest BCUT2D eigenvalue weighted by Gasteiger charge is 2.47. The van der Waals surface area contributed by atoms with Gasteiger partial charge >= 0.3 is 5.97 Å². The summed E-state index contributed by atoms with van der Waals surface area (Å²) in [6.07, 6.45) is 5.19. The largest absolute Gasteiger partial charge is 0.480 e. The topological polar surface area (TPSA) is 77.9 Å². The van der Waals surface area contributed by atoms with Crippen LogP contribution in [0.25, 0.3) is 0 Å². The lowest BCUT2D eigenvalue weighted by Gasteiger charge is -2.34. The number of rotatable bonds is 6. The highest BCUT2D eigenvalue weighted by atomic mass is 16.4. The molecular formula is C21H28N2O4. The molecular weight excluding hydrogens is 344 g/mol. The predicted octanol–water partition coefficient (Wildman–Crippen LogP) is 2.32. The molecule has 1 N–H and O–H groups in total. The molecule has 3 rings (SSSR count). The Bertz CT molecular complexity index is 691. The molecule has 1 aromatic carbocycles. The van der Waals surface area contributed by atoms with E-state index in [4.69, 9.17) is 0 Å². The second kappa shape index (κ2) is 8.55. The number of fused-ring (bicyclic) bond motifs is 1. The lowest BCUT2D eigenvalue weighted by Crippen LogP contribution is -2.50. The Kier molecular flexibility index (Phi) is 6.14. The molecule has 2 aliphatic rings. The first-order chi connectivity index (χ1) is 13.0. The summed E-state index contributed by atoms with van der Waals surface area (Å²) < 4.78 is 0. The number of carboxylic acids is 1. The van der Waals surface area contributed by atoms with E-state index in [2.05, 4.69) is 0 Å². The van der Waals surface area contributed by atoms with Gasteiger partial charge in [0.25, 0.3) is 0 Å². The molecule has 0 radical (unpaired) electrons. The number of aliphatic carboxylic acids is 1. The Hall–Kier alpha value is -2.37. The van der Waals surface area contributed by atoms with Crippen LogP contribution in [0.15, 0.2) is 30.3 Å². The molecule has 6 heteroatoms. The average molecular weight is 372 g/mol. The fraction of sp³-hybridized carbons (Fsp3) is 0.571. The van der Waals surface area contributed by atoms with E-state index < -0.39 is 12.0 Å². The van der Waals surface area contributed by atoms with Crippen LogP contribution < -0.4 is 0 Å². The maximum Gasteiger partial charge on any atom is 0.326 e. The third-order valence-corrected chi connectivity index (χ3v) is 5.95. The highest BCUT2D eigenvalue weighted by Crippen LogP contribution is 2.39. The minimum absolute atomic E-state index is 0.00952. The van der Waals surface area contributed by atoms with Crippen LogP contribution in [0.3, 0.4) is 0 Å². The molecule has 27 heavy (non-hydrogen) atoms. The van der Waals surface area contributed by atoms with E-state index in [1.807, 2.05) is 30.3 Å². The summed E-state index contributed by atoms with van der Waals surface area (Å²) in [7, 11) is 0. The number of hydrogen-bond acceptors (Lipinski definition) is 3. The maximum absolute atomic E-state index is 13.0. The Morgan fingerprint density at radius 2 is 1.85 bits per heavy atom. The van der Waals surface area contributed by atoms with Gasteiger partial charge in [-0.2, -0.15) is 0 Å². The van der Waals surface area contributed by atoms with Crippen molar-refractivity contribution in [1.82, 2.24) is 9.80 Å². The predicted molar refractivity (Wildman–Crippen MR) is 101 cm³/mol. The summed E-state index contributed by atoms with van der Waals surface area (Å²) in [5, 5.41) is 9.60. The van der Waals surface area contributed by atoms with Gasteiger partial charge in [0.15, 0.2) is 0 Å². The van der Waals surface area contributed by atoms with Crippen LogP contribution in [0.5, 0.6) is 0 Å². The van der Waals surface area contributed by atoms with Crippen LogP contribution >= 0.6 is 0 Å². The molecule has 3 unspecified atom stereocenters. The molecule has 1 saturated heterocycles. The highest BCUT2D eigenvalue weighted by molar-refractivity contribution is 5.88. The molecule has 0 spiro atoms. The van der Waals surface area contributed by atoms with E-state index in [9.17, 15) is 19.5 Å². The molecule has 0 bridgehead atoms. The van der Waals surface area contributed by atoms with E-state index in [1.165, 1.54) is 11.8 Å². The number of hydrogen-bond donors (Lipinski definition) is 1. The summed E-state index contributed by atoms with van der Waals surface area (Å²) in [6, 6.07) is 9.08. The van der Waals surface area contributed by atoms with Crippen LogP contribution in [-0.2, 0) is 20.8 Å². The zero-order chi connectivity index (χ0) is 19.4. The van der Waals surface area contributed by atoms with Gasteiger partial charge in [-0.05, 0) is 37.2 Å². The lowest BCUT2D eigenvalue weighted by molar-refractivity contribution is -0.151. The second-order valence-corrected chi connectivity index (χ2v) is 7.68. The fourth-order valence-corrected chi connectivity index (χ4v) is 4.54. The Morgan fingerprint density at radius 3 is 2.52 bits per heavy atom. The second-order valence-electron chi connectivity index (χ2n) is 7.68. The molecule has 2 amide bonds. The minimum atomic E-state index is -0.934. The van der Waals surface area contributed by atoms with Gasteiger partial charge in [0.2, 0.25) is 11.8 Å². The van der Waals surface area contributed by atoms with Gasteiger partial charge in [0.05, 0.1) is 6.54 Å². The van der Waals surface area contributed by atoms with Crippen molar-refractivity contribution in [3.8, 4) is 0 Å². The molecule has 1 aliphatic heterocycles. The first-order valence-electron chi connectivity index (χ1n) is 9.80. The summed E-state index contributed by atoms with van der Waals surface area (Å²) in [5.41, 5.74) is 1.10. The zero-order valence-corrected chi connectivity index (χ0v) is 15.8. The Balaban J connectivity index is 1.68. The minimum Gasteiger partial charge on any atom is -0.480 e. The third-order valence-electron chi connectivity index (χ3n) is 5.95. The first-order valence-corrected chi connectivity index (χ1v) is 9.80. The van der Waals surface area contributed by atoms with Crippen molar-refractivity contribution in [2.24, 2.45) is 5.92 Å². The van der Waals surface area contributed by atoms with Gasteiger partial charge in [-0.25, -0.2) is 4.79 Å². The van der Waals surface area contributed by atoms with Gasteiger partial charge in [0.1, 0.15) is 6.04 Å². The van der Waals surface area contributed by atoms with Crippen molar-refractivity contribution < 1.29 is 19.5 Å². The van der Waals surface area contributed by atoms with E-state index in [0.717, 1.165) is 31.2 Å². The summed E-state index contributed by atoms with van der Waals surface area (Å²) in [6.45, 7) is 1.86. The first kappa shape index (κ1) is 19.4. The van der Waals surface area contributed by atoms with E-state index in [1.54, 1.807) is 4.90 Å². The van der Waals surface area contributed by atoms with Gasteiger partial charge in [-0.15, -0.1) is 0 Å². The maximum atomic E-state index is 13.0. The number of carbonyl (C=O) groups is 3. The molecule has 146 valence electrons. The number of carbonyl (C=O) groups excluding carboxylic acids is 2. The van der Waals surface area contributed by atoms with E-state index in [0.29, 0.717) is 19.4 Å². The van der Waals surface area contributed by atoms with Crippen LogP contribution in [-0.4, -0.2) is 57.9 Å². The molecule has 1 aliphatic carbocycles. The number of nitrogens with zero attached hydrogens (tertiary/aromatic N) is 2. The van der Waals surface area contributed by atoms with Crippen molar-refractivity contribution in [1.29, 1.82) is 0 Å². The number of benzene rings is 1. The van der Waals surface area contributed by atoms with Gasteiger partial charge in [-0.1, -0.05) is 43.2 Å². The van der Waals surface area contributed by atoms with Crippen molar-refractivity contribution in [2.45, 2.75) is 57.5 Å². The normalized spacial score (nSPS) is 24.3. The van der Waals surface area contributed by atoms with Crippen LogP contribution in [0.1, 0.15) is 44.6 Å². The van der Waals surface area contributed by atoms with Gasteiger partial charge < -0.3 is 14.9 Å². The third kappa shape index (κ3) is 4.49. The SMILES string of the molecule is CC(=O)N(CCc1ccccc1)CC(=O)N1C(C(=O)O)CC2CCCCC21. The van der Waals surface area contributed by atoms with Gasteiger partial charge in [-0.3, -0.25) is 9.59 Å². The van der Waals surface area contributed by atoms with Crippen LogP contribution in [0, 0.1) is 5.92 Å². The van der Waals surface area contributed by atoms with Crippen molar-refractivity contribution in [3.05, 3.63) is 35.9 Å². The van der Waals surface area contributed by atoms with Crippen LogP contribution in [0.4, 0.5) is 0 Å². The zero-order valence-electron chi connectivity index (χ0n) is 15.8. The lowest BCUT2D eigenvalue weighted by atomic mass is 9.85.